The van der Waals surface area contributed by atoms with Gasteiger partial charge < -0.3 is 11.1 Å². The van der Waals surface area contributed by atoms with Crippen molar-refractivity contribution in [3.63, 3.8) is 0 Å². The van der Waals surface area contributed by atoms with Crippen LogP contribution in [0.1, 0.15) is 43.5 Å². The van der Waals surface area contributed by atoms with Gasteiger partial charge >= 0.3 is 0 Å². The van der Waals surface area contributed by atoms with Crippen LogP contribution in [0.4, 0.5) is 11.4 Å². The van der Waals surface area contributed by atoms with E-state index in [2.05, 4.69) is 12.2 Å². The summed E-state index contributed by atoms with van der Waals surface area (Å²) in [5.41, 5.74) is 8.21. The lowest BCUT2D eigenvalue weighted by Gasteiger charge is -2.40. The molecule has 1 aliphatic carbocycles. The summed E-state index contributed by atoms with van der Waals surface area (Å²) < 4.78 is 0. The van der Waals surface area contributed by atoms with Crippen molar-refractivity contribution in [3.05, 3.63) is 23.8 Å². The Balaban J connectivity index is 2.18. The summed E-state index contributed by atoms with van der Waals surface area (Å²) in [7, 11) is 0. The van der Waals surface area contributed by atoms with Crippen molar-refractivity contribution in [1.82, 2.24) is 0 Å². The summed E-state index contributed by atoms with van der Waals surface area (Å²) in [6.45, 7) is 3.75. The van der Waals surface area contributed by atoms with Crippen LogP contribution in [-0.4, -0.2) is 11.3 Å². The number of anilines is 2. The van der Waals surface area contributed by atoms with Crippen LogP contribution >= 0.6 is 0 Å². The first kappa shape index (κ1) is 11.0. The molecule has 0 unspecified atom stereocenters. The summed E-state index contributed by atoms with van der Waals surface area (Å²) in [6.07, 6.45) is 3.67. The second kappa shape index (κ2) is 3.81. The van der Waals surface area contributed by atoms with Gasteiger partial charge in [-0.1, -0.05) is 0 Å². The first-order valence-electron chi connectivity index (χ1n) is 5.69. The molecule has 16 heavy (non-hydrogen) atoms. The van der Waals surface area contributed by atoms with Crippen LogP contribution in [0.25, 0.3) is 0 Å². The first-order chi connectivity index (χ1) is 7.50. The van der Waals surface area contributed by atoms with Crippen molar-refractivity contribution in [2.24, 2.45) is 0 Å². The highest BCUT2D eigenvalue weighted by Crippen LogP contribution is 2.35. The molecule has 0 bridgehead atoms. The Labute approximate surface area is 96.0 Å². The topological polar surface area (TPSA) is 55.1 Å². The van der Waals surface area contributed by atoms with Gasteiger partial charge in [-0.25, -0.2) is 0 Å². The van der Waals surface area contributed by atoms with Gasteiger partial charge in [-0.05, 0) is 51.3 Å². The Kier molecular flexibility index (Phi) is 2.62. The molecular weight excluding hydrogens is 200 g/mol. The van der Waals surface area contributed by atoms with Crippen LogP contribution in [0.15, 0.2) is 18.2 Å². The molecule has 1 aromatic carbocycles. The smallest absolute Gasteiger partial charge is 0.161 e. The van der Waals surface area contributed by atoms with E-state index in [-0.39, 0.29) is 11.3 Å². The Morgan fingerprint density at radius 3 is 2.56 bits per heavy atom. The largest absolute Gasteiger partial charge is 0.398 e. The van der Waals surface area contributed by atoms with Gasteiger partial charge in [0.1, 0.15) is 0 Å². The fourth-order valence-corrected chi connectivity index (χ4v) is 2.14. The number of rotatable bonds is 3. The van der Waals surface area contributed by atoms with Gasteiger partial charge in [0.15, 0.2) is 5.78 Å². The number of nitrogens with one attached hydrogen (secondary N) is 1. The zero-order chi connectivity index (χ0) is 11.8. The number of carbonyl (C=O) groups is 1. The fourth-order valence-electron chi connectivity index (χ4n) is 2.14. The lowest BCUT2D eigenvalue weighted by molar-refractivity contribution is 0.101. The standard InChI is InChI=1S/C13H18N2O/c1-9(16)11-5-4-10(8-12(11)14)15-13(2)6-3-7-13/h4-5,8,15H,3,6-7,14H2,1-2H3. The molecule has 0 spiro atoms. The number of nitrogen functional groups attached to an aromatic ring is 1. The van der Waals surface area contributed by atoms with Gasteiger partial charge in [0.05, 0.1) is 0 Å². The third-order valence-electron chi connectivity index (χ3n) is 3.33. The van der Waals surface area contributed by atoms with Gasteiger partial charge in [0.25, 0.3) is 0 Å². The second-order valence-electron chi connectivity index (χ2n) is 4.90. The molecule has 0 saturated heterocycles. The van der Waals surface area contributed by atoms with E-state index < -0.39 is 0 Å². The lowest BCUT2D eigenvalue weighted by atomic mass is 9.78. The minimum absolute atomic E-state index is 0.0129. The molecule has 0 atom stereocenters. The van der Waals surface area contributed by atoms with Gasteiger partial charge in [-0.3, -0.25) is 4.79 Å². The highest BCUT2D eigenvalue weighted by Gasteiger charge is 2.31. The van der Waals surface area contributed by atoms with Crippen molar-refractivity contribution >= 4 is 17.2 Å². The summed E-state index contributed by atoms with van der Waals surface area (Å²) in [5.74, 6) is 0.0129. The molecule has 1 aromatic rings. The van der Waals surface area contributed by atoms with Gasteiger partial charge in [-0.15, -0.1) is 0 Å². The van der Waals surface area contributed by atoms with Crippen LogP contribution in [0, 0.1) is 0 Å². The molecule has 0 amide bonds. The molecule has 3 heteroatoms. The summed E-state index contributed by atoms with van der Waals surface area (Å²) in [5, 5.41) is 3.47. The number of hydrogen-bond acceptors (Lipinski definition) is 3. The average molecular weight is 218 g/mol. The quantitative estimate of drug-likeness (QED) is 0.606. The number of Topliss-reactive ketones (excluding diaryl/α,β-unsaturated/α-hetero) is 1. The van der Waals surface area contributed by atoms with Crippen LogP contribution < -0.4 is 11.1 Å². The van der Waals surface area contributed by atoms with Crippen molar-refractivity contribution in [2.75, 3.05) is 11.1 Å². The Morgan fingerprint density at radius 1 is 1.44 bits per heavy atom. The minimum Gasteiger partial charge on any atom is -0.398 e. The monoisotopic (exact) mass is 218 g/mol. The highest BCUT2D eigenvalue weighted by atomic mass is 16.1. The predicted molar refractivity (Wildman–Crippen MR) is 66.7 cm³/mol. The lowest BCUT2D eigenvalue weighted by Crippen LogP contribution is -2.41. The van der Waals surface area contributed by atoms with Crippen LogP contribution in [0.5, 0.6) is 0 Å². The number of benzene rings is 1. The molecule has 3 nitrogen and oxygen atoms in total. The van der Waals surface area contributed by atoms with Gasteiger partial charge in [0.2, 0.25) is 0 Å². The molecule has 0 aliphatic heterocycles. The van der Waals surface area contributed by atoms with Gasteiger partial charge in [-0.2, -0.15) is 0 Å². The SMILES string of the molecule is CC(=O)c1ccc(NC2(C)CCC2)cc1N. The molecule has 1 saturated carbocycles. The predicted octanol–water partition coefficient (Wildman–Crippen LogP) is 2.83. The number of hydrogen-bond donors (Lipinski definition) is 2. The van der Waals surface area contributed by atoms with Crippen LogP contribution in [0.2, 0.25) is 0 Å². The van der Waals surface area contributed by atoms with Crippen molar-refractivity contribution in [3.8, 4) is 0 Å². The van der Waals surface area contributed by atoms with Crippen molar-refractivity contribution in [1.29, 1.82) is 0 Å². The summed E-state index contributed by atoms with van der Waals surface area (Å²) >= 11 is 0. The molecule has 3 N–H and O–H groups in total. The van der Waals surface area contributed by atoms with Crippen molar-refractivity contribution < 1.29 is 4.79 Å². The average Bonchev–Trinajstić information content (AvgIpc) is 2.14. The Morgan fingerprint density at radius 2 is 2.12 bits per heavy atom. The van der Waals surface area contributed by atoms with Gasteiger partial charge in [0, 0.05) is 22.5 Å². The van der Waals surface area contributed by atoms with E-state index in [4.69, 9.17) is 5.73 Å². The first-order valence-corrected chi connectivity index (χ1v) is 5.69. The fraction of sp³-hybridized carbons (Fsp3) is 0.462. The summed E-state index contributed by atoms with van der Waals surface area (Å²) in [6, 6.07) is 5.57. The second-order valence-corrected chi connectivity index (χ2v) is 4.90. The zero-order valence-electron chi connectivity index (χ0n) is 9.84. The number of ketones is 1. The molecular formula is C13H18N2O. The van der Waals surface area contributed by atoms with E-state index in [1.54, 1.807) is 6.07 Å². The summed E-state index contributed by atoms with van der Waals surface area (Å²) in [4.78, 5) is 11.2. The minimum atomic E-state index is 0.0129. The van der Waals surface area contributed by atoms with Crippen LogP contribution in [0.3, 0.4) is 0 Å². The normalized spacial score (nSPS) is 17.6. The highest BCUT2D eigenvalue weighted by molar-refractivity contribution is 5.99. The Bertz CT molecular complexity index is 422. The molecule has 0 radical (unpaired) electrons. The molecule has 1 aliphatic rings. The maximum Gasteiger partial charge on any atom is 0.161 e. The zero-order valence-corrected chi connectivity index (χ0v) is 9.84. The van der Waals surface area contributed by atoms with E-state index >= 15 is 0 Å². The van der Waals surface area contributed by atoms with Crippen molar-refractivity contribution in [2.45, 2.75) is 38.6 Å². The van der Waals surface area contributed by atoms with E-state index in [0.717, 1.165) is 5.69 Å². The maximum absolute atomic E-state index is 11.2. The number of nitrogens with two attached hydrogens (primary N) is 1. The van der Waals surface area contributed by atoms with E-state index in [9.17, 15) is 4.79 Å². The Hall–Kier alpha value is -1.51. The molecule has 1 fully saturated rings. The molecule has 0 heterocycles. The third kappa shape index (κ3) is 2.03. The van der Waals surface area contributed by atoms with E-state index in [0.29, 0.717) is 11.3 Å². The third-order valence-corrected chi connectivity index (χ3v) is 3.33. The molecule has 86 valence electrons. The number of carbonyl (C=O) groups excluding carboxylic acids is 1. The van der Waals surface area contributed by atoms with E-state index in [1.165, 1.54) is 26.2 Å². The van der Waals surface area contributed by atoms with E-state index in [1.807, 2.05) is 12.1 Å². The van der Waals surface area contributed by atoms with Crippen LogP contribution in [-0.2, 0) is 0 Å². The maximum atomic E-state index is 11.2. The molecule has 2 rings (SSSR count). The molecule has 0 aromatic heterocycles.